The van der Waals surface area contributed by atoms with Gasteiger partial charge in [0.2, 0.25) is 17.7 Å². The monoisotopic (exact) mass is 533 g/mol. The number of guanidine groups is 1. The van der Waals surface area contributed by atoms with Crippen molar-refractivity contribution in [2.75, 3.05) is 37.1 Å². The van der Waals surface area contributed by atoms with Crippen molar-refractivity contribution in [1.82, 2.24) is 15.5 Å². The molecule has 0 aromatic heterocycles. The number of rotatable bonds is 16. The molecule has 0 spiro atoms. The van der Waals surface area contributed by atoms with Crippen molar-refractivity contribution in [2.24, 2.45) is 22.2 Å². The van der Waals surface area contributed by atoms with Gasteiger partial charge in [0.1, 0.15) is 18.1 Å². The molecule has 0 aliphatic carbocycles. The second-order valence-corrected chi connectivity index (χ2v) is 10.2. The standard InChI is InChI=1S/C21H39N7O5S2/c1-34-11-7-13(22)17(29)26-14(5-3-9-25-21(23)24)18(30)27-15(8-12-35-2)19(31)28-10-4-6-16(28)20(32)33/h13-16H,3-12,22H2,1-2H3,(H,26,29)(H,27,30)(H,32,33)(H4,23,24,25). The lowest BCUT2D eigenvalue weighted by Crippen LogP contribution is -2.57. The number of likely N-dealkylation sites (tertiary alicyclic amines) is 1. The van der Waals surface area contributed by atoms with Crippen LogP contribution in [0.2, 0.25) is 0 Å². The molecule has 14 heteroatoms. The second kappa shape index (κ2) is 16.5. The topological polar surface area (TPSA) is 206 Å². The van der Waals surface area contributed by atoms with E-state index in [-0.39, 0.29) is 18.9 Å². The van der Waals surface area contributed by atoms with E-state index in [1.54, 1.807) is 11.8 Å². The fraction of sp³-hybridized carbons (Fsp3) is 0.762. The van der Waals surface area contributed by atoms with Gasteiger partial charge in [-0.2, -0.15) is 23.5 Å². The Bertz CT molecular complexity index is 752. The first-order valence-corrected chi connectivity index (χ1v) is 14.3. The second-order valence-electron chi connectivity index (χ2n) is 8.27. The number of hydrogen-bond donors (Lipinski definition) is 6. The highest BCUT2D eigenvalue weighted by Gasteiger charge is 2.38. The quantitative estimate of drug-likeness (QED) is 0.0803. The number of hydrogen-bond acceptors (Lipinski definition) is 8. The molecule has 12 nitrogen and oxygen atoms in total. The number of aliphatic imine (C=N–C) groups is 1. The minimum Gasteiger partial charge on any atom is -0.480 e. The lowest BCUT2D eigenvalue weighted by molar-refractivity contribution is -0.149. The summed E-state index contributed by atoms with van der Waals surface area (Å²) in [6.07, 6.45) is 6.17. The number of carbonyl (C=O) groups excluding carboxylic acids is 3. The molecule has 0 aromatic carbocycles. The van der Waals surface area contributed by atoms with Crippen molar-refractivity contribution < 1.29 is 24.3 Å². The van der Waals surface area contributed by atoms with Gasteiger partial charge in [-0.05, 0) is 62.5 Å². The number of carbonyl (C=O) groups is 4. The highest BCUT2D eigenvalue weighted by atomic mass is 32.2. The van der Waals surface area contributed by atoms with Crippen LogP contribution in [0.3, 0.4) is 0 Å². The fourth-order valence-corrected chi connectivity index (χ4v) is 4.64. The van der Waals surface area contributed by atoms with E-state index in [0.717, 1.165) is 0 Å². The summed E-state index contributed by atoms with van der Waals surface area (Å²) in [7, 11) is 0. The number of amides is 3. The summed E-state index contributed by atoms with van der Waals surface area (Å²) in [5, 5.41) is 14.9. The van der Waals surface area contributed by atoms with Gasteiger partial charge in [-0.1, -0.05) is 0 Å². The van der Waals surface area contributed by atoms with Gasteiger partial charge in [-0.25, -0.2) is 4.79 Å². The first-order valence-electron chi connectivity index (χ1n) is 11.5. The smallest absolute Gasteiger partial charge is 0.326 e. The zero-order chi connectivity index (χ0) is 26.4. The molecule has 9 N–H and O–H groups in total. The van der Waals surface area contributed by atoms with E-state index < -0.39 is 47.9 Å². The van der Waals surface area contributed by atoms with Gasteiger partial charge in [0.05, 0.1) is 6.04 Å². The molecule has 4 atom stereocenters. The van der Waals surface area contributed by atoms with Crippen LogP contribution in [0.1, 0.15) is 38.5 Å². The van der Waals surface area contributed by atoms with Crippen LogP contribution in [-0.2, 0) is 19.2 Å². The molecular formula is C21H39N7O5S2. The van der Waals surface area contributed by atoms with Crippen molar-refractivity contribution in [1.29, 1.82) is 0 Å². The molecule has 1 fully saturated rings. The summed E-state index contributed by atoms with van der Waals surface area (Å²) in [5.41, 5.74) is 16.7. The Morgan fingerprint density at radius 1 is 1.03 bits per heavy atom. The number of nitrogens with zero attached hydrogens (tertiary/aromatic N) is 2. The molecule has 4 unspecified atom stereocenters. The number of aliphatic carboxylic acids is 1. The third-order valence-electron chi connectivity index (χ3n) is 5.59. The maximum absolute atomic E-state index is 13.2. The van der Waals surface area contributed by atoms with Gasteiger partial charge in [0.25, 0.3) is 0 Å². The first kappa shape index (κ1) is 30.8. The minimum atomic E-state index is -1.06. The predicted octanol–water partition coefficient (Wildman–Crippen LogP) is -1.08. The van der Waals surface area contributed by atoms with Gasteiger partial charge >= 0.3 is 5.97 Å². The molecule has 3 amide bonds. The summed E-state index contributed by atoms with van der Waals surface area (Å²) in [4.78, 5) is 55.8. The van der Waals surface area contributed by atoms with E-state index in [1.807, 2.05) is 12.5 Å². The molecule has 35 heavy (non-hydrogen) atoms. The summed E-state index contributed by atoms with van der Waals surface area (Å²) in [6.45, 7) is 0.591. The van der Waals surface area contributed by atoms with Crippen LogP contribution in [0.15, 0.2) is 4.99 Å². The van der Waals surface area contributed by atoms with Crippen LogP contribution < -0.4 is 27.8 Å². The number of thioether (sulfide) groups is 2. The van der Waals surface area contributed by atoms with E-state index in [9.17, 15) is 24.3 Å². The van der Waals surface area contributed by atoms with Crippen molar-refractivity contribution >= 4 is 53.2 Å². The van der Waals surface area contributed by atoms with Crippen LogP contribution in [0.25, 0.3) is 0 Å². The number of carboxylic acid groups (broad SMARTS) is 1. The molecule has 200 valence electrons. The average molecular weight is 534 g/mol. The third-order valence-corrected chi connectivity index (χ3v) is 6.88. The highest BCUT2D eigenvalue weighted by Crippen LogP contribution is 2.20. The van der Waals surface area contributed by atoms with Crippen LogP contribution in [-0.4, -0.2) is 101 Å². The van der Waals surface area contributed by atoms with Gasteiger partial charge < -0.3 is 37.8 Å². The van der Waals surface area contributed by atoms with Crippen molar-refractivity contribution in [2.45, 2.75) is 62.7 Å². The zero-order valence-electron chi connectivity index (χ0n) is 20.4. The van der Waals surface area contributed by atoms with E-state index in [0.29, 0.717) is 50.2 Å². The molecule has 1 rings (SSSR count). The Labute approximate surface area is 214 Å². The van der Waals surface area contributed by atoms with Gasteiger partial charge in [0.15, 0.2) is 5.96 Å². The van der Waals surface area contributed by atoms with Crippen molar-refractivity contribution in [3.05, 3.63) is 0 Å². The fourth-order valence-electron chi connectivity index (χ4n) is 3.68. The number of nitrogens with one attached hydrogen (secondary N) is 2. The Morgan fingerprint density at radius 2 is 1.66 bits per heavy atom. The van der Waals surface area contributed by atoms with Crippen LogP contribution in [0.5, 0.6) is 0 Å². The van der Waals surface area contributed by atoms with E-state index in [4.69, 9.17) is 17.2 Å². The number of nitrogens with two attached hydrogens (primary N) is 3. The summed E-state index contributed by atoms with van der Waals surface area (Å²) >= 11 is 3.07. The SMILES string of the molecule is CSCCC(N)C(=O)NC(CCCN=C(N)N)C(=O)NC(CCSC)C(=O)N1CCCC1C(=O)O. The molecule has 1 heterocycles. The van der Waals surface area contributed by atoms with E-state index in [2.05, 4.69) is 15.6 Å². The third kappa shape index (κ3) is 10.9. The Kier molecular flexibility index (Phi) is 14.5. The number of carboxylic acids is 1. The largest absolute Gasteiger partial charge is 0.480 e. The summed E-state index contributed by atoms with van der Waals surface area (Å²) in [6, 6.07) is -3.53. The first-order chi connectivity index (χ1) is 16.6. The maximum Gasteiger partial charge on any atom is 0.326 e. The van der Waals surface area contributed by atoms with E-state index >= 15 is 0 Å². The Morgan fingerprint density at radius 3 is 2.26 bits per heavy atom. The lowest BCUT2D eigenvalue weighted by Gasteiger charge is -2.29. The Balaban J connectivity index is 2.97. The van der Waals surface area contributed by atoms with Crippen LogP contribution >= 0.6 is 23.5 Å². The lowest BCUT2D eigenvalue weighted by atomic mass is 10.1. The van der Waals surface area contributed by atoms with Crippen LogP contribution in [0, 0.1) is 0 Å². The highest BCUT2D eigenvalue weighted by molar-refractivity contribution is 7.98. The molecule has 0 radical (unpaired) electrons. The van der Waals surface area contributed by atoms with Gasteiger partial charge in [0, 0.05) is 13.1 Å². The van der Waals surface area contributed by atoms with Gasteiger partial charge in [-0.15, -0.1) is 0 Å². The summed E-state index contributed by atoms with van der Waals surface area (Å²) < 4.78 is 0. The normalized spacial score (nSPS) is 17.8. The minimum absolute atomic E-state index is 0.0737. The van der Waals surface area contributed by atoms with E-state index in [1.165, 1.54) is 16.7 Å². The molecule has 1 aliphatic rings. The Hall–Kier alpha value is -2.19. The average Bonchev–Trinajstić information content (AvgIpc) is 3.31. The van der Waals surface area contributed by atoms with Crippen LogP contribution in [0.4, 0.5) is 0 Å². The zero-order valence-corrected chi connectivity index (χ0v) is 22.0. The molecule has 1 aliphatic heterocycles. The van der Waals surface area contributed by atoms with Crippen molar-refractivity contribution in [3.8, 4) is 0 Å². The van der Waals surface area contributed by atoms with Crippen molar-refractivity contribution in [3.63, 3.8) is 0 Å². The maximum atomic E-state index is 13.2. The molecule has 1 saturated heterocycles. The predicted molar refractivity (Wildman–Crippen MR) is 140 cm³/mol. The summed E-state index contributed by atoms with van der Waals surface area (Å²) in [5.74, 6) is -1.28. The molecular weight excluding hydrogens is 494 g/mol. The molecule has 0 aromatic rings. The van der Waals surface area contributed by atoms with Gasteiger partial charge in [-0.3, -0.25) is 19.4 Å². The molecule has 0 saturated carbocycles. The molecule has 0 bridgehead atoms.